The van der Waals surface area contributed by atoms with Crippen molar-refractivity contribution in [3.63, 3.8) is 0 Å². The zero-order valence-electron chi connectivity index (χ0n) is 19.7. The Kier molecular flexibility index (Phi) is 29.8. The number of carboxylic acids is 3. The Morgan fingerprint density at radius 2 is 0.824 bits per heavy atom. The quantitative estimate of drug-likeness (QED) is 0.172. The van der Waals surface area contributed by atoms with E-state index in [9.17, 15) is 14.4 Å². The van der Waals surface area contributed by atoms with Crippen LogP contribution in [-0.2, 0) is 4.79 Å². The predicted octanol–water partition coefficient (Wildman–Crippen LogP) is 6.12. The predicted molar refractivity (Wildman–Crippen MR) is 142 cm³/mol. The Morgan fingerprint density at radius 3 is 1.06 bits per heavy atom. The fourth-order valence-corrected chi connectivity index (χ4v) is 3.40. The third kappa shape index (κ3) is 24.4. The van der Waals surface area contributed by atoms with Gasteiger partial charge in [0.25, 0.3) is 0 Å². The van der Waals surface area contributed by atoms with Crippen LogP contribution >= 0.6 is 0 Å². The fourth-order valence-electron chi connectivity index (χ4n) is 3.40. The molecule has 0 aliphatic heterocycles. The summed E-state index contributed by atoms with van der Waals surface area (Å²) in [5.41, 5.74) is 0.167. The van der Waals surface area contributed by atoms with E-state index in [1.54, 1.807) is 0 Å². The van der Waals surface area contributed by atoms with Crippen molar-refractivity contribution < 1.29 is 29.7 Å². The molecule has 0 aliphatic rings. The summed E-state index contributed by atoms with van der Waals surface area (Å²) < 4.78 is 0. The van der Waals surface area contributed by atoms with E-state index in [0.717, 1.165) is 12.8 Å². The molecule has 186 valence electrons. The van der Waals surface area contributed by atoms with Gasteiger partial charge in [0, 0.05) is 6.42 Å². The molecule has 0 atom stereocenters. The Morgan fingerprint density at radius 1 is 0.559 bits per heavy atom. The molecular formula is C26H44LiNaO6. The van der Waals surface area contributed by atoms with E-state index in [-0.39, 0.29) is 59.5 Å². The standard InChI is InChI=1S/C18H36O2.C8H6O4.Li.Na.2H/c1-2-3-4-5-6-7-8-9-10-11-12-13-14-15-16-17-18(19)20;9-7(10)5-1-2-6(4-3-5)8(11)12;;;;/h2-17H2,1H3,(H,19,20);1-4H,(H,9,10)(H,11,12);;;;. The number of rotatable bonds is 18. The van der Waals surface area contributed by atoms with Crippen LogP contribution in [0.3, 0.4) is 0 Å². The van der Waals surface area contributed by atoms with Crippen LogP contribution in [0, 0.1) is 0 Å². The average Bonchev–Trinajstić information content (AvgIpc) is 2.76. The molecule has 3 N–H and O–H groups in total. The van der Waals surface area contributed by atoms with Crippen LogP contribution < -0.4 is 0 Å². The Hall–Kier alpha value is -0.773. The molecule has 0 fully saturated rings. The first-order valence-corrected chi connectivity index (χ1v) is 12.2. The van der Waals surface area contributed by atoms with Gasteiger partial charge < -0.3 is 15.3 Å². The molecule has 0 bridgehead atoms. The average molecular weight is 483 g/mol. The van der Waals surface area contributed by atoms with Gasteiger partial charge in [-0.3, -0.25) is 4.79 Å². The summed E-state index contributed by atoms with van der Waals surface area (Å²) in [5, 5.41) is 25.5. The molecule has 0 unspecified atom stereocenters. The minimum absolute atomic E-state index is 0. The Labute approximate surface area is 239 Å². The second-order valence-corrected chi connectivity index (χ2v) is 8.28. The Balaban J connectivity index is -0.000000590. The van der Waals surface area contributed by atoms with Crippen molar-refractivity contribution in [2.24, 2.45) is 0 Å². The molecule has 34 heavy (non-hydrogen) atoms. The molecule has 0 saturated carbocycles. The van der Waals surface area contributed by atoms with Gasteiger partial charge in [0.1, 0.15) is 0 Å². The van der Waals surface area contributed by atoms with Crippen molar-refractivity contribution in [1.82, 2.24) is 0 Å². The summed E-state index contributed by atoms with van der Waals surface area (Å²) in [4.78, 5) is 31.0. The maximum absolute atomic E-state index is 10.3. The summed E-state index contributed by atoms with van der Waals surface area (Å²) in [6.45, 7) is 2.27. The Bertz CT molecular complexity index is 604. The first-order valence-electron chi connectivity index (χ1n) is 12.2. The van der Waals surface area contributed by atoms with Crippen LogP contribution in [0.5, 0.6) is 0 Å². The molecule has 0 spiro atoms. The van der Waals surface area contributed by atoms with Gasteiger partial charge in [-0.1, -0.05) is 96.8 Å². The third-order valence-electron chi connectivity index (χ3n) is 5.37. The molecule has 0 aliphatic carbocycles. The van der Waals surface area contributed by atoms with E-state index >= 15 is 0 Å². The van der Waals surface area contributed by atoms with Crippen molar-refractivity contribution in [2.45, 2.75) is 110 Å². The number of benzene rings is 1. The van der Waals surface area contributed by atoms with Gasteiger partial charge in [0.2, 0.25) is 0 Å². The summed E-state index contributed by atoms with van der Waals surface area (Å²) in [6.07, 6.45) is 20.2. The SMILES string of the molecule is CCCCCCCCCCCCCCCCCC(=O)O.O=C(O)c1ccc(C(=O)O)cc1.[LiH].[NaH]. The van der Waals surface area contributed by atoms with Gasteiger partial charge in [0.15, 0.2) is 0 Å². The summed E-state index contributed by atoms with van der Waals surface area (Å²) in [6, 6.07) is 5.02. The first-order chi connectivity index (χ1) is 15.4. The zero-order chi connectivity index (χ0) is 24.0. The minimum atomic E-state index is -1.06. The van der Waals surface area contributed by atoms with Crippen molar-refractivity contribution in [2.75, 3.05) is 0 Å². The molecule has 6 nitrogen and oxygen atoms in total. The number of carbonyl (C=O) groups is 3. The van der Waals surface area contributed by atoms with Gasteiger partial charge >= 0.3 is 66.3 Å². The van der Waals surface area contributed by atoms with E-state index in [2.05, 4.69) is 6.92 Å². The van der Waals surface area contributed by atoms with Crippen LogP contribution in [0.4, 0.5) is 0 Å². The van der Waals surface area contributed by atoms with E-state index in [0.29, 0.717) is 6.42 Å². The van der Waals surface area contributed by atoms with Gasteiger partial charge in [-0.2, -0.15) is 0 Å². The molecule has 0 heterocycles. The van der Waals surface area contributed by atoms with Crippen molar-refractivity contribution in [3.05, 3.63) is 35.4 Å². The third-order valence-corrected chi connectivity index (χ3v) is 5.37. The molecule has 1 aromatic rings. The summed E-state index contributed by atoms with van der Waals surface area (Å²) in [5.74, 6) is -2.78. The maximum atomic E-state index is 10.3. The van der Waals surface area contributed by atoms with E-state index in [1.807, 2.05) is 0 Å². The number of aromatic carboxylic acids is 2. The molecule has 8 heteroatoms. The van der Waals surface area contributed by atoms with Gasteiger partial charge in [0.05, 0.1) is 11.1 Å². The molecule has 0 aromatic heterocycles. The molecule has 0 amide bonds. The summed E-state index contributed by atoms with van der Waals surface area (Å²) >= 11 is 0. The normalized spacial score (nSPS) is 9.68. The van der Waals surface area contributed by atoms with Crippen molar-refractivity contribution in [3.8, 4) is 0 Å². The summed E-state index contributed by atoms with van der Waals surface area (Å²) in [7, 11) is 0. The van der Waals surface area contributed by atoms with E-state index in [4.69, 9.17) is 15.3 Å². The van der Waals surface area contributed by atoms with Crippen LogP contribution in [0.2, 0.25) is 0 Å². The number of unbranched alkanes of at least 4 members (excludes halogenated alkanes) is 14. The van der Waals surface area contributed by atoms with Gasteiger partial charge in [-0.05, 0) is 30.7 Å². The van der Waals surface area contributed by atoms with Crippen LogP contribution in [0.25, 0.3) is 0 Å². The van der Waals surface area contributed by atoms with Crippen molar-refractivity contribution >= 4 is 66.3 Å². The number of carboxylic acid groups (broad SMARTS) is 3. The van der Waals surface area contributed by atoms with Crippen LogP contribution in [-0.4, -0.2) is 81.6 Å². The molecule has 0 saturated heterocycles. The molecule has 0 radical (unpaired) electrons. The topological polar surface area (TPSA) is 112 Å². The van der Waals surface area contributed by atoms with Crippen molar-refractivity contribution in [1.29, 1.82) is 0 Å². The molecule has 1 aromatic carbocycles. The van der Waals surface area contributed by atoms with Crippen LogP contribution in [0.15, 0.2) is 24.3 Å². The zero-order valence-corrected chi connectivity index (χ0v) is 19.7. The van der Waals surface area contributed by atoms with Crippen LogP contribution in [0.1, 0.15) is 130 Å². The second-order valence-electron chi connectivity index (χ2n) is 8.28. The van der Waals surface area contributed by atoms with E-state index in [1.165, 1.54) is 108 Å². The number of hydrogen-bond donors (Lipinski definition) is 3. The van der Waals surface area contributed by atoms with Gasteiger partial charge in [-0.15, -0.1) is 0 Å². The first kappa shape index (κ1) is 37.8. The monoisotopic (exact) mass is 482 g/mol. The number of hydrogen-bond acceptors (Lipinski definition) is 3. The number of aliphatic carboxylic acids is 1. The molecular weight excluding hydrogens is 438 g/mol. The fraction of sp³-hybridized carbons (Fsp3) is 0.654. The molecule has 1 rings (SSSR count). The van der Waals surface area contributed by atoms with E-state index < -0.39 is 17.9 Å². The van der Waals surface area contributed by atoms with Gasteiger partial charge in [-0.25, -0.2) is 9.59 Å². The second kappa shape index (κ2) is 26.8.